The number of rotatable bonds is 1. The molecule has 1 N–H and O–H groups in total. The van der Waals surface area contributed by atoms with E-state index in [1.807, 2.05) is 0 Å². The first-order valence-electron chi connectivity index (χ1n) is 3.88. The van der Waals surface area contributed by atoms with E-state index in [1.54, 1.807) is 12.1 Å². The van der Waals surface area contributed by atoms with E-state index in [2.05, 4.69) is 14.9 Å². The monoisotopic (exact) mass is 193 g/mol. The number of fused-ring (bicyclic) bond motifs is 1. The number of carbonyl (C=O) groups excluding carboxylic acids is 1. The third-order valence-corrected chi connectivity index (χ3v) is 1.83. The summed E-state index contributed by atoms with van der Waals surface area (Å²) in [6.07, 6.45) is 0. The van der Waals surface area contributed by atoms with Gasteiger partial charge in [-0.1, -0.05) is 6.07 Å². The van der Waals surface area contributed by atoms with Gasteiger partial charge in [0.2, 0.25) is 0 Å². The van der Waals surface area contributed by atoms with Gasteiger partial charge in [-0.05, 0) is 12.1 Å². The first kappa shape index (κ1) is 8.49. The molecule has 72 valence electrons. The molecule has 0 fully saturated rings. The van der Waals surface area contributed by atoms with Crippen molar-refractivity contribution in [1.82, 2.24) is 14.6 Å². The second kappa shape index (κ2) is 2.99. The number of aromatic amines is 1. The molecule has 0 amide bonds. The smallest absolute Gasteiger partial charge is 0.355 e. The number of aromatic nitrogens is 3. The van der Waals surface area contributed by atoms with Crippen LogP contribution in [0.5, 0.6) is 0 Å². The highest BCUT2D eigenvalue weighted by atomic mass is 16.5. The molecule has 0 aliphatic carbocycles. The van der Waals surface area contributed by atoms with Gasteiger partial charge >= 0.3 is 11.7 Å². The molecule has 0 radical (unpaired) electrons. The molecule has 14 heavy (non-hydrogen) atoms. The van der Waals surface area contributed by atoms with Gasteiger partial charge in [0.05, 0.1) is 7.11 Å². The fourth-order valence-electron chi connectivity index (χ4n) is 1.22. The van der Waals surface area contributed by atoms with Crippen molar-refractivity contribution >= 4 is 11.6 Å². The maximum atomic E-state index is 11.3. The predicted molar refractivity (Wildman–Crippen MR) is 47.2 cm³/mol. The topological polar surface area (TPSA) is 76.5 Å². The Morgan fingerprint density at radius 3 is 3.07 bits per heavy atom. The lowest BCUT2D eigenvalue weighted by atomic mass is 10.3. The molecule has 2 aromatic rings. The molecule has 2 rings (SSSR count). The number of nitrogens with zero attached hydrogens (tertiary/aromatic N) is 2. The zero-order valence-corrected chi connectivity index (χ0v) is 7.35. The number of ether oxygens (including phenoxy) is 1. The van der Waals surface area contributed by atoms with Gasteiger partial charge in [0.25, 0.3) is 0 Å². The number of hydrogen-bond acceptors (Lipinski definition) is 4. The summed E-state index contributed by atoms with van der Waals surface area (Å²) < 4.78 is 5.69. The molecular formula is C8H7N3O3. The van der Waals surface area contributed by atoms with Gasteiger partial charge in [0, 0.05) is 0 Å². The van der Waals surface area contributed by atoms with Gasteiger partial charge in [-0.25, -0.2) is 19.1 Å². The minimum absolute atomic E-state index is 0.156. The Morgan fingerprint density at radius 1 is 1.57 bits per heavy atom. The van der Waals surface area contributed by atoms with E-state index in [1.165, 1.54) is 13.2 Å². The second-order valence-electron chi connectivity index (χ2n) is 2.62. The van der Waals surface area contributed by atoms with Crippen molar-refractivity contribution in [3.63, 3.8) is 0 Å². The van der Waals surface area contributed by atoms with Crippen molar-refractivity contribution in [3.05, 3.63) is 34.4 Å². The molecule has 2 heterocycles. The van der Waals surface area contributed by atoms with E-state index < -0.39 is 11.7 Å². The third-order valence-electron chi connectivity index (χ3n) is 1.83. The van der Waals surface area contributed by atoms with Gasteiger partial charge in [0.15, 0.2) is 5.65 Å². The van der Waals surface area contributed by atoms with Crippen LogP contribution in [-0.4, -0.2) is 27.7 Å². The van der Waals surface area contributed by atoms with Crippen LogP contribution in [0.3, 0.4) is 0 Å². The van der Waals surface area contributed by atoms with Crippen molar-refractivity contribution in [2.24, 2.45) is 0 Å². The van der Waals surface area contributed by atoms with Crippen molar-refractivity contribution in [1.29, 1.82) is 0 Å². The molecular weight excluding hydrogens is 186 g/mol. The summed E-state index contributed by atoms with van der Waals surface area (Å²) in [5, 5.41) is 5.96. The van der Waals surface area contributed by atoms with E-state index in [0.717, 1.165) is 4.40 Å². The molecule has 0 aliphatic heterocycles. The van der Waals surface area contributed by atoms with E-state index in [0.29, 0.717) is 5.65 Å². The molecule has 6 heteroatoms. The van der Waals surface area contributed by atoms with Crippen molar-refractivity contribution < 1.29 is 9.53 Å². The highest BCUT2D eigenvalue weighted by Gasteiger charge is 2.12. The highest BCUT2D eigenvalue weighted by molar-refractivity contribution is 5.88. The maximum absolute atomic E-state index is 11.3. The normalized spacial score (nSPS) is 10.4. The molecule has 0 bridgehead atoms. The second-order valence-corrected chi connectivity index (χ2v) is 2.62. The molecule has 2 aromatic heterocycles. The van der Waals surface area contributed by atoms with Crippen LogP contribution in [0.1, 0.15) is 10.5 Å². The molecule has 0 atom stereocenters. The highest BCUT2D eigenvalue weighted by Crippen LogP contribution is 2.02. The number of nitrogens with one attached hydrogen (secondary N) is 1. The Balaban J connectivity index is 2.82. The Kier molecular flexibility index (Phi) is 1.81. The van der Waals surface area contributed by atoms with E-state index in [-0.39, 0.29) is 5.69 Å². The fourth-order valence-corrected chi connectivity index (χ4v) is 1.22. The lowest BCUT2D eigenvalue weighted by molar-refractivity contribution is 0.0592. The summed E-state index contributed by atoms with van der Waals surface area (Å²) in [6, 6.07) is 4.74. The van der Waals surface area contributed by atoms with Gasteiger partial charge < -0.3 is 4.74 Å². The van der Waals surface area contributed by atoms with Gasteiger partial charge in [-0.2, -0.15) is 5.10 Å². The summed E-state index contributed by atoms with van der Waals surface area (Å²) in [6.45, 7) is 0. The Labute approximate surface area is 78.1 Å². The van der Waals surface area contributed by atoms with Crippen LogP contribution in [0, 0.1) is 0 Å². The Morgan fingerprint density at radius 2 is 2.36 bits per heavy atom. The van der Waals surface area contributed by atoms with Crippen LogP contribution in [0.25, 0.3) is 5.65 Å². The number of carbonyl (C=O) groups is 1. The van der Waals surface area contributed by atoms with Crippen molar-refractivity contribution in [3.8, 4) is 0 Å². The number of hydrogen-bond donors (Lipinski definition) is 1. The Bertz CT molecular complexity index is 540. The summed E-state index contributed by atoms with van der Waals surface area (Å²) in [7, 11) is 1.26. The average Bonchev–Trinajstić information content (AvgIpc) is 2.59. The van der Waals surface area contributed by atoms with Crippen molar-refractivity contribution in [2.45, 2.75) is 0 Å². The molecule has 0 saturated carbocycles. The summed E-state index contributed by atoms with van der Waals surface area (Å²) >= 11 is 0. The minimum atomic E-state index is -0.570. The van der Waals surface area contributed by atoms with Crippen molar-refractivity contribution in [2.75, 3.05) is 7.11 Å². The van der Waals surface area contributed by atoms with Crippen LogP contribution in [0.4, 0.5) is 0 Å². The van der Waals surface area contributed by atoms with Crippen LogP contribution >= 0.6 is 0 Å². The zero-order valence-electron chi connectivity index (χ0n) is 7.35. The summed E-state index contributed by atoms with van der Waals surface area (Å²) in [5.74, 6) is -0.570. The minimum Gasteiger partial charge on any atom is -0.464 e. The summed E-state index contributed by atoms with van der Waals surface area (Å²) in [5.41, 5.74) is 0.0858. The van der Waals surface area contributed by atoms with Crippen LogP contribution in [-0.2, 0) is 4.74 Å². The lowest BCUT2D eigenvalue weighted by Crippen LogP contribution is -2.17. The number of esters is 1. The van der Waals surface area contributed by atoms with Gasteiger partial charge in [-0.15, -0.1) is 0 Å². The first-order chi connectivity index (χ1) is 6.74. The van der Waals surface area contributed by atoms with Crippen LogP contribution < -0.4 is 5.69 Å². The largest absolute Gasteiger partial charge is 0.464 e. The lowest BCUT2D eigenvalue weighted by Gasteiger charge is -2.00. The Hall–Kier alpha value is -2.11. The third kappa shape index (κ3) is 1.08. The molecule has 0 aromatic carbocycles. The number of methoxy groups -OCH3 is 1. The van der Waals surface area contributed by atoms with Gasteiger partial charge in [-0.3, -0.25) is 0 Å². The zero-order chi connectivity index (χ0) is 10.1. The van der Waals surface area contributed by atoms with Gasteiger partial charge in [0.1, 0.15) is 5.69 Å². The van der Waals surface area contributed by atoms with Crippen LogP contribution in [0.2, 0.25) is 0 Å². The quantitative estimate of drug-likeness (QED) is 0.637. The fraction of sp³-hybridized carbons (Fsp3) is 0.125. The standard InChI is InChI=1S/C8H7N3O3/c1-14-7(12)5-3-2-4-6-9-10-8(13)11(5)6/h2-4H,1H3,(H,10,13). The van der Waals surface area contributed by atoms with E-state index >= 15 is 0 Å². The number of H-pyrrole nitrogens is 1. The predicted octanol–water partition coefficient (Wildman–Crippen LogP) is -0.191. The van der Waals surface area contributed by atoms with E-state index in [9.17, 15) is 9.59 Å². The van der Waals surface area contributed by atoms with E-state index in [4.69, 9.17) is 0 Å². The molecule has 0 saturated heterocycles. The average molecular weight is 193 g/mol. The number of pyridine rings is 1. The summed E-state index contributed by atoms with van der Waals surface area (Å²) in [4.78, 5) is 22.5. The SMILES string of the molecule is COC(=O)c1cccc2n[nH]c(=O)n12. The molecule has 0 aliphatic rings. The molecule has 0 spiro atoms. The van der Waals surface area contributed by atoms with Crippen LogP contribution in [0.15, 0.2) is 23.0 Å². The maximum Gasteiger partial charge on any atom is 0.355 e. The molecule has 6 nitrogen and oxygen atoms in total. The first-order valence-corrected chi connectivity index (χ1v) is 3.88. The molecule has 0 unspecified atom stereocenters.